The van der Waals surface area contributed by atoms with Crippen LogP contribution in [0.3, 0.4) is 0 Å². The van der Waals surface area contributed by atoms with Crippen molar-refractivity contribution in [1.29, 1.82) is 0 Å². The van der Waals surface area contributed by atoms with Crippen molar-refractivity contribution in [2.45, 2.75) is 6.92 Å². The Morgan fingerprint density at radius 2 is 1.95 bits per heavy atom. The summed E-state index contributed by atoms with van der Waals surface area (Å²) in [5, 5.41) is 12.2. The lowest BCUT2D eigenvalue weighted by Gasteiger charge is -2.33. The Bertz CT molecular complexity index is 1560. The number of H-pyrrole nitrogens is 2. The number of nitrogens with one attached hydrogen (secondary N) is 3. The summed E-state index contributed by atoms with van der Waals surface area (Å²) in [7, 11) is 6.19. The summed E-state index contributed by atoms with van der Waals surface area (Å²) in [6, 6.07) is 8.29. The van der Waals surface area contributed by atoms with Crippen LogP contribution in [0.25, 0.3) is 39.0 Å². The highest BCUT2D eigenvalue weighted by Crippen LogP contribution is 2.31. The zero-order valence-electron chi connectivity index (χ0n) is 23.3. The third-order valence-electron chi connectivity index (χ3n) is 6.98. The van der Waals surface area contributed by atoms with Crippen molar-refractivity contribution in [3.63, 3.8) is 0 Å². The average molecular weight is 524 g/mol. The number of pyridine rings is 1. The van der Waals surface area contributed by atoms with E-state index in [1.807, 2.05) is 39.4 Å². The van der Waals surface area contributed by atoms with Crippen LogP contribution in [0.1, 0.15) is 12.5 Å². The first kappa shape index (κ1) is 26.4. The van der Waals surface area contributed by atoms with E-state index in [0.717, 1.165) is 94.5 Å². The quantitative estimate of drug-likeness (QED) is 0.280. The van der Waals surface area contributed by atoms with Crippen LogP contribution in [0.2, 0.25) is 0 Å². The summed E-state index contributed by atoms with van der Waals surface area (Å²) in [5.41, 5.74) is 7.51. The highest BCUT2D eigenvalue weighted by Gasteiger charge is 2.21. The van der Waals surface area contributed by atoms with E-state index in [9.17, 15) is 0 Å². The molecule has 5 rings (SSSR count). The van der Waals surface area contributed by atoms with Crippen LogP contribution < -0.4 is 10.2 Å². The minimum absolute atomic E-state index is 0.725. The molecule has 39 heavy (non-hydrogen) atoms. The van der Waals surface area contributed by atoms with Crippen molar-refractivity contribution in [2.75, 3.05) is 58.8 Å². The summed E-state index contributed by atoms with van der Waals surface area (Å²) in [4.78, 5) is 19.9. The first-order chi connectivity index (χ1) is 18.9. The van der Waals surface area contributed by atoms with E-state index >= 15 is 0 Å². The van der Waals surface area contributed by atoms with Crippen molar-refractivity contribution in [3.8, 4) is 11.5 Å². The lowest BCUT2D eigenvalue weighted by molar-refractivity contribution is 0.312. The maximum Gasteiger partial charge on any atom is 0.159 e. The molecule has 4 aromatic rings. The zero-order valence-corrected chi connectivity index (χ0v) is 23.3. The molecule has 1 aliphatic rings. The first-order valence-corrected chi connectivity index (χ1v) is 13.2. The van der Waals surface area contributed by atoms with E-state index in [4.69, 9.17) is 9.97 Å². The molecule has 1 aromatic carbocycles. The zero-order chi connectivity index (χ0) is 27.5. The molecule has 9 heteroatoms. The van der Waals surface area contributed by atoms with Crippen molar-refractivity contribution >= 4 is 33.3 Å². The molecule has 1 aliphatic heterocycles. The van der Waals surface area contributed by atoms with Crippen molar-refractivity contribution in [1.82, 2.24) is 40.3 Å². The van der Waals surface area contributed by atoms with Gasteiger partial charge in [-0.3, -0.25) is 5.10 Å². The number of nitrogens with zero attached hydrogens (tertiary/aromatic N) is 6. The topological polar surface area (TPSA) is 92.0 Å². The summed E-state index contributed by atoms with van der Waals surface area (Å²) in [5.74, 6) is 1.65. The van der Waals surface area contributed by atoms with Crippen molar-refractivity contribution in [3.05, 3.63) is 78.8 Å². The summed E-state index contributed by atoms with van der Waals surface area (Å²) in [6.45, 7) is 14.8. The monoisotopic (exact) mass is 523 g/mol. The van der Waals surface area contributed by atoms with Crippen LogP contribution in [0, 0.1) is 0 Å². The highest BCUT2D eigenvalue weighted by atomic mass is 15.3. The van der Waals surface area contributed by atoms with Gasteiger partial charge in [0.05, 0.1) is 11.0 Å². The summed E-state index contributed by atoms with van der Waals surface area (Å²) >= 11 is 0. The van der Waals surface area contributed by atoms with Crippen molar-refractivity contribution < 1.29 is 0 Å². The number of aromatic amines is 2. The van der Waals surface area contributed by atoms with Crippen LogP contribution in [0.5, 0.6) is 0 Å². The fourth-order valence-electron chi connectivity index (χ4n) is 4.93. The SMILES string of the molecule is C=C/C(=C\C(=C/C)c1ccc2[nH]nc(-c3nc4c(N5CCN(C)CC5)nccc4[nH]3)c2c1)NC(=C)CN(C)C. The maximum atomic E-state index is 4.99. The third-order valence-corrected chi connectivity index (χ3v) is 6.98. The van der Waals surface area contributed by atoms with Gasteiger partial charge < -0.3 is 25.0 Å². The van der Waals surface area contributed by atoms with E-state index in [2.05, 4.69) is 85.8 Å². The van der Waals surface area contributed by atoms with Crippen LogP contribution in [-0.4, -0.2) is 88.8 Å². The normalized spacial score (nSPS) is 15.5. The molecular formula is C30H37N9. The van der Waals surface area contributed by atoms with Gasteiger partial charge in [-0.2, -0.15) is 5.10 Å². The van der Waals surface area contributed by atoms with Gasteiger partial charge in [0.25, 0.3) is 0 Å². The van der Waals surface area contributed by atoms with Crippen LogP contribution >= 0.6 is 0 Å². The van der Waals surface area contributed by atoms with E-state index in [1.54, 1.807) is 0 Å². The number of rotatable bonds is 9. The minimum atomic E-state index is 0.725. The van der Waals surface area contributed by atoms with Gasteiger partial charge in [-0.25, -0.2) is 9.97 Å². The van der Waals surface area contributed by atoms with Crippen LogP contribution in [0.4, 0.5) is 5.82 Å². The van der Waals surface area contributed by atoms with Gasteiger partial charge in [-0.1, -0.05) is 25.3 Å². The molecule has 1 fully saturated rings. The second kappa shape index (κ2) is 11.3. The molecule has 4 heterocycles. The molecule has 9 nitrogen and oxygen atoms in total. The van der Waals surface area contributed by atoms with Gasteiger partial charge in [0, 0.05) is 55.7 Å². The molecule has 0 bridgehead atoms. The number of aromatic nitrogens is 5. The number of imidazole rings is 1. The van der Waals surface area contributed by atoms with E-state index in [0.29, 0.717) is 0 Å². The maximum absolute atomic E-state index is 4.99. The minimum Gasteiger partial charge on any atom is -0.358 e. The number of hydrogen-bond donors (Lipinski definition) is 3. The third kappa shape index (κ3) is 5.64. The molecule has 0 radical (unpaired) electrons. The number of likely N-dealkylation sites (N-methyl/N-ethyl adjacent to an activating group) is 2. The summed E-state index contributed by atoms with van der Waals surface area (Å²) in [6.07, 6.45) is 7.84. The molecule has 0 saturated carbocycles. The highest BCUT2D eigenvalue weighted by molar-refractivity contribution is 5.97. The van der Waals surface area contributed by atoms with E-state index < -0.39 is 0 Å². The molecule has 3 N–H and O–H groups in total. The Kier molecular flexibility index (Phi) is 7.63. The van der Waals surface area contributed by atoms with Gasteiger partial charge in [0.15, 0.2) is 11.6 Å². The lowest BCUT2D eigenvalue weighted by Crippen LogP contribution is -2.44. The lowest BCUT2D eigenvalue weighted by atomic mass is 10.0. The fourth-order valence-corrected chi connectivity index (χ4v) is 4.93. The Balaban J connectivity index is 1.48. The van der Waals surface area contributed by atoms with Gasteiger partial charge in [0.2, 0.25) is 0 Å². The predicted molar refractivity (Wildman–Crippen MR) is 161 cm³/mol. The second-order valence-electron chi connectivity index (χ2n) is 10.3. The summed E-state index contributed by atoms with van der Waals surface area (Å²) < 4.78 is 0. The number of allylic oxidation sites excluding steroid dienone is 4. The number of piperazine rings is 1. The Hall–Kier alpha value is -4.21. The second-order valence-corrected chi connectivity index (χ2v) is 10.3. The molecule has 0 aliphatic carbocycles. The molecule has 202 valence electrons. The number of hydrogen-bond acceptors (Lipinski definition) is 7. The molecule has 0 spiro atoms. The van der Waals surface area contributed by atoms with Gasteiger partial charge in [-0.05, 0) is 69.6 Å². The molecular weight excluding hydrogens is 486 g/mol. The van der Waals surface area contributed by atoms with Gasteiger partial charge in [-0.15, -0.1) is 0 Å². The van der Waals surface area contributed by atoms with E-state index in [-0.39, 0.29) is 0 Å². The Morgan fingerprint density at radius 1 is 1.15 bits per heavy atom. The smallest absolute Gasteiger partial charge is 0.159 e. The number of fused-ring (bicyclic) bond motifs is 2. The fraction of sp³-hybridized carbons (Fsp3) is 0.300. The molecule has 0 atom stereocenters. The molecule has 0 amide bonds. The van der Waals surface area contributed by atoms with E-state index in [1.165, 1.54) is 0 Å². The average Bonchev–Trinajstić information content (AvgIpc) is 3.54. The van der Waals surface area contributed by atoms with Crippen LogP contribution in [-0.2, 0) is 0 Å². The standard InChI is InChI=1S/C30H37N9/c1-7-21(17-23(8-2)32-20(3)19-37(4)5)22-9-10-25-24(18-22)27(36-35-25)29-33-26-11-12-31-30(28(26)34-29)39-15-13-38(6)14-16-39/h7-12,17-18,32H,2-3,13-16,19H2,1,4-6H3,(H,33,34)(H,35,36)/b21-7+,23-17+. The molecule has 1 saturated heterocycles. The van der Waals surface area contributed by atoms with Crippen molar-refractivity contribution in [2.24, 2.45) is 0 Å². The van der Waals surface area contributed by atoms with Gasteiger partial charge >= 0.3 is 0 Å². The Labute approximate surface area is 229 Å². The number of anilines is 1. The number of benzene rings is 1. The van der Waals surface area contributed by atoms with Gasteiger partial charge in [0.1, 0.15) is 11.2 Å². The molecule has 3 aromatic heterocycles. The Morgan fingerprint density at radius 3 is 2.67 bits per heavy atom. The predicted octanol–water partition coefficient (Wildman–Crippen LogP) is 4.39. The first-order valence-electron chi connectivity index (χ1n) is 13.2. The largest absolute Gasteiger partial charge is 0.358 e. The van der Waals surface area contributed by atoms with Crippen LogP contribution in [0.15, 0.2) is 73.2 Å². The molecule has 0 unspecified atom stereocenters.